The second kappa shape index (κ2) is 9.06. The van der Waals surface area contributed by atoms with Crippen LogP contribution in [0.1, 0.15) is 34.0 Å². The van der Waals surface area contributed by atoms with Crippen LogP contribution in [0.25, 0.3) is 10.9 Å². The van der Waals surface area contributed by atoms with Gasteiger partial charge in [-0.25, -0.2) is 0 Å². The van der Waals surface area contributed by atoms with Gasteiger partial charge < -0.3 is 18.8 Å². The van der Waals surface area contributed by atoms with Crippen LogP contribution in [0.4, 0.5) is 0 Å². The van der Waals surface area contributed by atoms with E-state index in [1.807, 2.05) is 42.7 Å². The molecule has 0 bridgehead atoms. The Hall–Kier alpha value is -4.06. The van der Waals surface area contributed by atoms with Gasteiger partial charge in [0.1, 0.15) is 19.0 Å². The van der Waals surface area contributed by atoms with E-state index >= 15 is 0 Å². The molecule has 2 heterocycles. The van der Waals surface area contributed by atoms with Gasteiger partial charge in [-0.3, -0.25) is 9.59 Å². The van der Waals surface area contributed by atoms with Crippen LogP contribution < -0.4 is 19.6 Å². The summed E-state index contributed by atoms with van der Waals surface area (Å²) in [5.74, 6) is 1.46. The third-order valence-corrected chi connectivity index (χ3v) is 5.85. The first-order valence-electron chi connectivity index (χ1n) is 11.3. The van der Waals surface area contributed by atoms with Crippen LogP contribution in [0.15, 0.2) is 71.7 Å². The lowest BCUT2D eigenvalue weighted by molar-refractivity contribution is 0.103. The summed E-state index contributed by atoms with van der Waals surface area (Å²) in [6, 6.07) is 18.5. The number of benzene rings is 3. The quantitative estimate of drug-likeness (QED) is 0.392. The summed E-state index contributed by atoms with van der Waals surface area (Å²) in [5, 5.41) is 0.425. The van der Waals surface area contributed by atoms with Crippen LogP contribution in [0, 0.1) is 6.92 Å². The van der Waals surface area contributed by atoms with Crippen LogP contribution >= 0.6 is 0 Å². The molecule has 1 aromatic heterocycles. The van der Waals surface area contributed by atoms with E-state index in [0.717, 1.165) is 11.1 Å². The van der Waals surface area contributed by atoms with Crippen molar-refractivity contribution in [3.05, 3.63) is 99.3 Å². The minimum Gasteiger partial charge on any atom is -0.494 e. The average Bonchev–Trinajstić information content (AvgIpc) is 2.85. The zero-order chi connectivity index (χ0) is 23.7. The summed E-state index contributed by atoms with van der Waals surface area (Å²) in [5.41, 5.74) is 3.12. The number of carbonyl (C=O) groups is 1. The van der Waals surface area contributed by atoms with Crippen LogP contribution in [0.5, 0.6) is 17.2 Å². The number of aromatic nitrogens is 1. The van der Waals surface area contributed by atoms with Crippen molar-refractivity contribution >= 4 is 16.7 Å². The topological polar surface area (TPSA) is 66.8 Å². The minimum atomic E-state index is -0.331. The molecule has 0 aliphatic carbocycles. The second-order valence-electron chi connectivity index (χ2n) is 8.29. The molecular weight excluding hydrogens is 430 g/mol. The largest absolute Gasteiger partial charge is 0.494 e. The van der Waals surface area contributed by atoms with Crippen molar-refractivity contribution in [1.29, 1.82) is 0 Å². The number of ketones is 1. The molecule has 34 heavy (non-hydrogen) atoms. The number of nitrogens with zero attached hydrogens (tertiary/aromatic N) is 1. The maximum atomic E-state index is 13.5. The molecule has 0 N–H and O–H groups in total. The van der Waals surface area contributed by atoms with E-state index in [2.05, 4.69) is 6.07 Å². The van der Waals surface area contributed by atoms with Gasteiger partial charge >= 0.3 is 0 Å². The number of rotatable bonds is 6. The van der Waals surface area contributed by atoms with E-state index in [9.17, 15) is 9.59 Å². The molecular formula is C28H25NO5. The Labute approximate surface area is 197 Å². The van der Waals surface area contributed by atoms with Crippen molar-refractivity contribution in [3.8, 4) is 17.2 Å². The second-order valence-corrected chi connectivity index (χ2v) is 8.29. The molecule has 0 saturated heterocycles. The van der Waals surface area contributed by atoms with E-state index in [1.165, 1.54) is 0 Å². The molecule has 6 nitrogen and oxygen atoms in total. The lowest BCUT2D eigenvalue weighted by atomic mass is 10.0. The van der Waals surface area contributed by atoms with Crippen molar-refractivity contribution in [2.24, 2.45) is 0 Å². The van der Waals surface area contributed by atoms with Gasteiger partial charge in [-0.1, -0.05) is 29.8 Å². The predicted octanol–water partition coefficient (Wildman–Crippen LogP) is 4.76. The first kappa shape index (κ1) is 21.8. The predicted molar refractivity (Wildman–Crippen MR) is 131 cm³/mol. The number of pyridine rings is 1. The number of hydrogen-bond donors (Lipinski definition) is 0. The van der Waals surface area contributed by atoms with Gasteiger partial charge in [0.25, 0.3) is 0 Å². The molecule has 0 amide bonds. The molecule has 6 heteroatoms. The summed E-state index contributed by atoms with van der Waals surface area (Å²) in [7, 11) is 0. The van der Waals surface area contributed by atoms with Gasteiger partial charge in [0.2, 0.25) is 5.43 Å². The van der Waals surface area contributed by atoms with Gasteiger partial charge in [0, 0.05) is 24.4 Å². The van der Waals surface area contributed by atoms with Crippen LogP contribution in [0.3, 0.4) is 0 Å². The van der Waals surface area contributed by atoms with Crippen LogP contribution in [-0.4, -0.2) is 30.2 Å². The maximum absolute atomic E-state index is 13.5. The Kier molecular flexibility index (Phi) is 5.80. The summed E-state index contributed by atoms with van der Waals surface area (Å²) in [6.45, 7) is 5.85. The number of fused-ring (bicyclic) bond motifs is 2. The molecule has 0 unspecified atom stereocenters. The van der Waals surface area contributed by atoms with E-state index in [1.54, 1.807) is 36.5 Å². The molecule has 0 spiro atoms. The van der Waals surface area contributed by atoms with Crippen LogP contribution in [-0.2, 0) is 6.54 Å². The Balaban J connectivity index is 1.66. The highest BCUT2D eigenvalue weighted by molar-refractivity contribution is 6.10. The Morgan fingerprint density at radius 3 is 2.44 bits per heavy atom. The number of aryl methyl sites for hydroxylation is 1. The number of carbonyl (C=O) groups excluding carboxylic acids is 1. The zero-order valence-corrected chi connectivity index (χ0v) is 19.2. The monoisotopic (exact) mass is 455 g/mol. The van der Waals surface area contributed by atoms with E-state index < -0.39 is 0 Å². The van der Waals surface area contributed by atoms with Gasteiger partial charge in [-0.15, -0.1) is 0 Å². The molecule has 172 valence electrons. The van der Waals surface area contributed by atoms with Crippen molar-refractivity contribution in [2.45, 2.75) is 20.4 Å². The van der Waals surface area contributed by atoms with Crippen LogP contribution in [0.2, 0.25) is 0 Å². The fourth-order valence-corrected chi connectivity index (χ4v) is 4.25. The molecule has 0 radical (unpaired) electrons. The van der Waals surface area contributed by atoms with Crippen molar-refractivity contribution in [2.75, 3.05) is 19.8 Å². The van der Waals surface area contributed by atoms with E-state index in [0.29, 0.717) is 60.1 Å². The lowest BCUT2D eigenvalue weighted by Crippen LogP contribution is -2.21. The Morgan fingerprint density at radius 2 is 1.74 bits per heavy atom. The fraction of sp³-hybridized carbons (Fsp3) is 0.214. The first-order valence-corrected chi connectivity index (χ1v) is 11.3. The van der Waals surface area contributed by atoms with Gasteiger partial charge in [0.05, 0.1) is 23.1 Å². The molecule has 5 rings (SSSR count). The average molecular weight is 456 g/mol. The van der Waals surface area contributed by atoms with E-state index in [-0.39, 0.29) is 16.8 Å². The SMILES string of the molecule is CCOc1ccc(C(=O)c2cn(Cc3cccc(C)c3)c3cc4c(cc3c2=O)OCCO4)cc1. The maximum Gasteiger partial charge on any atom is 0.200 e. The number of hydrogen-bond acceptors (Lipinski definition) is 5. The molecule has 1 aliphatic heterocycles. The summed E-state index contributed by atoms with van der Waals surface area (Å²) in [4.78, 5) is 26.9. The number of ether oxygens (including phenoxy) is 3. The minimum absolute atomic E-state index is 0.112. The van der Waals surface area contributed by atoms with Crippen molar-refractivity contribution < 1.29 is 19.0 Å². The molecule has 0 saturated carbocycles. The highest BCUT2D eigenvalue weighted by Crippen LogP contribution is 2.34. The normalized spacial score (nSPS) is 12.5. The molecule has 0 atom stereocenters. The summed E-state index contributed by atoms with van der Waals surface area (Å²) < 4.78 is 18.9. The Bertz CT molecular complexity index is 1440. The Morgan fingerprint density at radius 1 is 1.00 bits per heavy atom. The molecule has 1 aliphatic rings. The summed E-state index contributed by atoms with van der Waals surface area (Å²) >= 11 is 0. The van der Waals surface area contributed by atoms with Gasteiger partial charge in [0.15, 0.2) is 17.3 Å². The van der Waals surface area contributed by atoms with Crippen molar-refractivity contribution in [3.63, 3.8) is 0 Å². The third kappa shape index (κ3) is 4.15. The van der Waals surface area contributed by atoms with Gasteiger partial charge in [-0.05, 0) is 49.7 Å². The molecule has 3 aromatic carbocycles. The van der Waals surface area contributed by atoms with Crippen molar-refractivity contribution in [1.82, 2.24) is 4.57 Å². The van der Waals surface area contributed by atoms with Gasteiger partial charge in [-0.2, -0.15) is 0 Å². The molecule has 0 fully saturated rings. The summed E-state index contributed by atoms with van der Waals surface area (Å²) in [6.07, 6.45) is 1.65. The standard InChI is InChI=1S/C28H25NO5/c1-3-32-21-9-7-20(8-10-21)27(30)23-17-29(16-19-6-4-5-18(2)13-19)24-15-26-25(33-11-12-34-26)14-22(24)28(23)31/h4-10,13-15,17H,3,11-12,16H2,1-2H3. The van der Waals surface area contributed by atoms with E-state index in [4.69, 9.17) is 14.2 Å². The zero-order valence-electron chi connectivity index (χ0n) is 19.2. The third-order valence-electron chi connectivity index (χ3n) is 5.85. The molecule has 4 aromatic rings. The highest BCUT2D eigenvalue weighted by atomic mass is 16.6. The highest BCUT2D eigenvalue weighted by Gasteiger charge is 2.21. The fourth-order valence-electron chi connectivity index (χ4n) is 4.25. The lowest BCUT2D eigenvalue weighted by Gasteiger charge is -2.21. The first-order chi connectivity index (χ1) is 16.5. The smallest absolute Gasteiger partial charge is 0.200 e.